The molecule has 5 unspecified atom stereocenters. The van der Waals surface area contributed by atoms with Crippen LogP contribution in [0.15, 0.2) is 41.9 Å². The van der Waals surface area contributed by atoms with Gasteiger partial charge in [-0.15, -0.1) is 22.7 Å². The van der Waals surface area contributed by atoms with Crippen molar-refractivity contribution in [3.8, 4) is 5.75 Å². The van der Waals surface area contributed by atoms with E-state index in [1.165, 1.54) is 22.7 Å². The smallest absolute Gasteiger partial charge is 0.264 e. The Morgan fingerprint density at radius 3 is 2.63 bits per heavy atom. The van der Waals surface area contributed by atoms with Gasteiger partial charge >= 0.3 is 0 Å². The average molecular weight is 557 g/mol. The molecule has 5 rings (SSSR count). The average Bonchev–Trinajstić information content (AvgIpc) is 3.56. The summed E-state index contributed by atoms with van der Waals surface area (Å²) in [5.41, 5.74) is -0.291. The van der Waals surface area contributed by atoms with E-state index < -0.39 is 11.5 Å². The number of rotatable bonds is 8. The van der Waals surface area contributed by atoms with Crippen LogP contribution < -0.4 is 15.4 Å². The van der Waals surface area contributed by atoms with Gasteiger partial charge in [0.2, 0.25) is 5.91 Å². The van der Waals surface area contributed by atoms with Crippen LogP contribution in [0, 0.1) is 16.7 Å². The standard InChI is InChI=1S/C27H32N4O5S2/c1-26-9-8-20(33)27(2,15-32)19(26)13-18-23(17(26)12-21(34)29-24-28-10-11-37-24)31-25(38-18)30-22(35)14-36-16-6-4-3-5-7-16/h3-7,10-11,17,19-20,32-33H,8-9,12-15H2,1-2H3,(H,28,29,34)(H,30,31,35). The quantitative estimate of drug-likeness (QED) is 0.329. The van der Waals surface area contributed by atoms with Crippen LogP contribution in [0.3, 0.4) is 0 Å². The molecule has 2 aromatic heterocycles. The second kappa shape index (κ2) is 10.7. The van der Waals surface area contributed by atoms with Crippen LogP contribution in [0.4, 0.5) is 10.3 Å². The van der Waals surface area contributed by atoms with Crippen molar-refractivity contribution < 1.29 is 24.5 Å². The van der Waals surface area contributed by atoms with Gasteiger partial charge < -0.3 is 20.3 Å². The number of hydrogen-bond donors (Lipinski definition) is 4. The van der Waals surface area contributed by atoms with Crippen LogP contribution in [-0.2, 0) is 16.0 Å². The van der Waals surface area contributed by atoms with Crippen molar-refractivity contribution in [1.29, 1.82) is 0 Å². The second-order valence-electron chi connectivity index (χ2n) is 10.6. The maximum atomic E-state index is 13.2. The molecule has 0 saturated heterocycles. The molecule has 0 radical (unpaired) electrons. The van der Waals surface area contributed by atoms with E-state index in [-0.39, 0.29) is 48.7 Å². The third-order valence-corrected chi connectivity index (χ3v) is 10.0. The number of hydrogen-bond acceptors (Lipinski definition) is 9. The summed E-state index contributed by atoms with van der Waals surface area (Å²) in [6, 6.07) is 9.12. The molecule has 2 aliphatic rings. The number of thiazole rings is 2. The van der Waals surface area contributed by atoms with Crippen molar-refractivity contribution in [3.05, 3.63) is 52.5 Å². The zero-order chi connectivity index (χ0) is 26.9. The number of nitrogens with zero attached hydrogens (tertiary/aromatic N) is 2. The van der Waals surface area contributed by atoms with Crippen LogP contribution in [-0.4, -0.2) is 51.3 Å². The van der Waals surface area contributed by atoms with E-state index in [0.29, 0.717) is 35.3 Å². The summed E-state index contributed by atoms with van der Waals surface area (Å²) < 4.78 is 5.56. The second-order valence-corrected chi connectivity index (χ2v) is 12.6. The molecule has 3 aromatic rings. The molecule has 1 fully saturated rings. The molecule has 11 heteroatoms. The first kappa shape index (κ1) is 26.7. The summed E-state index contributed by atoms with van der Waals surface area (Å²) in [6.45, 7) is 3.78. The van der Waals surface area contributed by atoms with Gasteiger partial charge in [-0.25, -0.2) is 9.97 Å². The maximum Gasteiger partial charge on any atom is 0.264 e. The van der Waals surface area contributed by atoms with Gasteiger partial charge in [0.1, 0.15) is 5.75 Å². The van der Waals surface area contributed by atoms with Gasteiger partial charge in [-0.05, 0) is 42.7 Å². The van der Waals surface area contributed by atoms with E-state index in [1.54, 1.807) is 23.7 Å². The zero-order valence-corrected chi connectivity index (χ0v) is 23.0. The number of aliphatic hydroxyl groups is 2. The van der Waals surface area contributed by atoms with E-state index in [9.17, 15) is 19.8 Å². The van der Waals surface area contributed by atoms with Gasteiger partial charge in [-0.2, -0.15) is 0 Å². The van der Waals surface area contributed by atoms with Crippen molar-refractivity contribution in [2.45, 2.75) is 51.6 Å². The first-order valence-electron chi connectivity index (χ1n) is 12.7. The van der Waals surface area contributed by atoms with Gasteiger partial charge in [-0.1, -0.05) is 32.0 Å². The summed E-state index contributed by atoms with van der Waals surface area (Å²) >= 11 is 2.74. The van der Waals surface area contributed by atoms with E-state index in [2.05, 4.69) is 22.5 Å². The lowest BCUT2D eigenvalue weighted by molar-refractivity contribution is -0.143. The minimum absolute atomic E-state index is 0.0701. The summed E-state index contributed by atoms with van der Waals surface area (Å²) in [5.74, 6) is -0.204. The molecule has 1 saturated carbocycles. The lowest BCUT2D eigenvalue weighted by Crippen LogP contribution is -2.57. The molecule has 5 atom stereocenters. The van der Waals surface area contributed by atoms with Crippen molar-refractivity contribution in [2.75, 3.05) is 23.8 Å². The third kappa shape index (κ3) is 5.07. The molecule has 4 N–H and O–H groups in total. The Kier molecular flexibility index (Phi) is 7.54. The molecule has 9 nitrogen and oxygen atoms in total. The number of amides is 2. The fourth-order valence-corrected chi connectivity index (χ4v) is 7.79. The van der Waals surface area contributed by atoms with Gasteiger partial charge in [0, 0.05) is 34.2 Å². The van der Waals surface area contributed by atoms with E-state index in [4.69, 9.17) is 9.72 Å². The molecule has 2 heterocycles. The largest absolute Gasteiger partial charge is 0.484 e. The highest BCUT2D eigenvalue weighted by Crippen LogP contribution is 2.62. The van der Waals surface area contributed by atoms with Gasteiger partial charge in [-0.3, -0.25) is 14.9 Å². The SMILES string of the molecule is CC1(CO)C(O)CCC2(C)C(CC(=O)Nc3nccs3)c3nc(NC(=O)COc4ccccc4)sc3CC12. The number of nitrogens with one attached hydrogen (secondary N) is 2. The molecular weight excluding hydrogens is 524 g/mol. The highest BCUT2D eigenvalue weighted by atomic mass is 32.1. The molecule has 1 aromatic carbocycles. The molecule has 0 bridgehead atoms. The topological polar surface area (TPSA) is 134 Å². The monoisotopic (exact) mass is 556 g/mol. The molecule has 0 spiro atoms. The fraction of sp³-hybridized carbons (Fsp3) is 0.481. The van der Waals surface area contributed by atoms with Crippen LogP contribution >= 0.6 is 22.7 Å². The molecule has 202 valence electrons. The number of para-hydroxylation sites is 1. The number of anilines is 2. The Labute approximate surface area is 229 Å². The fourth-order valence-electron chi connectivity index (χ4n) is 6.16. The normalized spacial score (nSPS) is 28.2. The van der Waals surface area contributed by atoms with Crippen LogP contribution in [0.2, 0.25) is 0 Å². The van der Waals surface area contributed by atoms with Crippen molar-refractivity contribution in [2.24, 2.45) is 16.7 Å². The number of fused-ring (bicyclic) bond motifs is 2. The first-order chi connectivity index (χ1) is 18.2. The highest BCUT2D eigenvalue weighted by Gasteiger charge is 2.59. The Bertz CT molecular complexity index is 1280. The summed E-state index contributed by atoms with van der Waals surface area (Å²) in [7, 11) is 0. The number of carbonyl (C=O) groups excluding carboxylic acids is 2. The third-order valence-electron chi connectivity index (χ3n) is 8.32. The van der Waals surface area contributed by atoms with Crippen molar-refractivity contribution >= 4 is 44.8 Å². The first-order valence-corrected chi connectivity index (χ1v) is 14.4. The number of aromatic nitrogens is 2. The highest BCUT2D eigenvalue weighted by molar-refractivity contribution is 7.16. The maximum absolute atomic E-state index is 13.2. The van der Waals surface area contributed by atoms with Crippen molar-refractivity contribution in [3.63, 3.8) is 0 Å². The van der Waals surface area contributed by atoms with E-state index >= 15 is 0 Å². The lowest BCUT2D eigenvalue weighted by atomic mass is 9.47. The number of benzene rings is 1. The lowest BCUT2D eigenvalue weighted by Gasteiger charge is -2.58. The van der Waals surface area contributed by atoms with Gasteiger partial charge in [0.25, 0.3) is 5.91 Å². The number of ether oxygens (including phenoxy) is 1. The Morgan fingerprint density at radius 2 is 1.92 bits per heavy atom. The molecule has 2 amide bonds. The van der Waals surface area contributed by atoms with Gasteiger partial charge in [0.15, 0.2) is 16.9 Å². The predicted molar refractivity (Wildman–Crippen MR) is 147 cm³/mol. The Morgan fingerprint density at radius 1 is 1.16 bits per heavy atom. The van der Waals surface area contributed by atoms with Crippen LogP contribution in [0.1, 0.15) is 49.6 Å². The summed E-state index contributed by atoms with van der Waals surface area (Å²) in [5, 5.41) is 29.9. The van der Waals surface area contributed by atoms with E-state index in [1.807, 2.05) is 25.1 Å². The summed E-state index contributed by atoms with van der Waals surface area (Å²) in [6.07, 6.45) is 3.04. The van der Waals surface area contributed by atoms with E-state index in [0.717, 1.165) is 10.6 Å². The van der Waals surface area contributed by atoms with Crippen LogP contribution in [0.25, 0.3) is 0 Å². The van der Waals surface area contributed by atoms with Crippen molar-refractivity contribution in [1.82, 2.24) is 9.97 Å². The summed E-state index contributed by atoms with van der Waals surface area (Å²) in [4.78, 5) is 35.7. The van der Waals surface area contributed by atoms with Gasteiger partial charge in [0.05, 0.1) is 18.4 Å². The molecule has 0 aliphatic heterocycles. The Balaban J connectivity index is 1.41. The molecular formula is C27H32N4O5S2. The minimum atomic E-state index is -0.717. The Hall–Kier alpha value is -2.86. The zero-order valence-electron chi connectivity index (χ0n) is 21.3. The molecule has 2 aliphatic carbocycles. The predicted octanol–water partition coefficient (Wildman–Crippen LogP) is 4.06. The molecule has 38 heavy (non-hydrogen) atoms. The van der Waals surface area contributed by atoms with Crippen LogP contribution in [0.5, 0.6) is 5.75 Å². The minimum Gasteiger partial charge on any atom is -0.484 e. The number of carbonyl (C=O) groups is 2. The number of aliphatic hydroxyl groups excluding tert-OH is 2.